The molecule has 0 saturated heterocycles. The highest BCUT2D eigenvalue weighted by atomic mass is 32.1. The highest BCUT2D eigenvalue weighted by Gasteiger charge is 2.20. The monoisotopic (exact) mass is 286 g/mol. The quantitative estimate of drug-likeness (QED) is 0.708. The molecule has 0 aromatic carbocycles. The lowest BCUT2D eigenvalue weighted by molar-refractivity contribution is 0.0945. The van der Waals surface area contributed by atoms with Crippen LogP contribution >= 0.6 is 11.5 Å². The smallest absolute Gasteiger partial charge is 0.258 e. The average Bonchev–Trinajstić information content (AvgIpc) is 2.67. The number of aromatic nitrogens is 1. The molecular formula is C12H22N4O2S. The zero-order valence-corrected chi connectivity index (χ0v) is 12.6. The molecule has 0 spiro atoms. The van der Waals surface area contributed by atoms with Crippen molar-refractivity contribution in [3.05, 3.63) is 5.56 Å². The van der Waals surface area contributed by atoms with Gasteiger partial charge in [-0.25, -0.2) is 0 Å². The van der Waals surface area contributed by atoms with Crippen LogP contribution in [0.15, 0.2) is 0 Å². The SMILES string of the molecule is COCC(C)CNc1snc(N)c1C(=O)NC(C)C. The van der Waals surface area contributed by atoms with Crippen LogP contribution in [0, 0.1) is 5.92 Å². The normalized spacial score (nSPS) is 12.5. The number of nitrogens with two attached hydrogens (primary N) is 1. The van der Waals surface area contributed by atoms with Gasteiger partial charge in [0.1, 0.15) is 10.6 Å². The predicted octanol–water partition coefficient (Wildman–Crippen LogP) is 1.56. The number of ether oxygens (including phenoxy) is 1. The Balaban J connectivity index is 2.71. The molecule has 1 amide bonds. The first-order valence-electron chi connectivity index (χ1n) is 6.24. The summed E-state index contributed by atoms with van der Waals surface area (Å²) >= 11 is 1.20. The van der Waals surface area contributed by atoms with Crippen molar-refractivity contribution in [1.29, 1.82) is 0 Å². The molecule has 1 atom stereocenters. The van der Waals surface area contributed by atoms with E-state index in [1.807, 2.05) is 13.8 Å². The number of methoxy groups -OCH3 is 1. The lowest BCUT2D eigenvalue weighted by Gasteiger charge is -2.13. The van der Waals surface area contributed by atoms with Crippen LogP contribution < -0.4 is 16.4 Å². The Morgan fingerprint density at radius 1 is 1.47 bits per heavy atom. The Labute approximate surface area is 117 Å². The van der Waals surface area contributed by atoms with Crippen LogP contribution in [0.25, 0.3) is 0 Å². The van der Waals surface area contributed by atoms with E-state index in [0.29, 0.717) is 29.6 Å². The van der Waals surface area contributed by atoms with Crippen LogP contribution in [-0.4, -0.2) is 36.6 Å². The highest BCUT2D eigenvalue weighted by molar-refractivity contribution is 7.11. The van der Waals surface area contributed by atoms with Crippen LogP contribution in [0.5, 0.6) is 0 Å². The number of nitrogens with one attached hydrogen (secondary N) is 2. The van der Waals surface area contributed by atoms with E-state index >= 15 is 0 Å². The van der Waals surface area contributed by atoms with E-state index in [2.05, 4.69) is 21.9 Å². The van der Waals surface area contributed by atoms with E-state index in [4.69, 9.17) is 10.5 Å². The number of nitrogen functional groups attached to an aromatic ring is 1. The van der Waals surface area contributed by atoms with Crippen molar-refractivity contribution in [2.75, 3.05) is 31.3 Å². The molecule has 108 valence electrons. The van der Waals surface area contributed by atoms with E-state index < -0.39 is 0 Å². The summed E-state index contributed by atoms with van der Waals surface area (Å²) in [6, 6.07) is 0.0621. The number of hydrogen-bond donors (Lipinski definition) is 3. The first-order valence-corrected chi connectivity index (χ1v) is 7.01. The van der Waals surface area contributed by atoms with Crippen LogP contribution in [-0.2, 0) is 4.74 Å². The maximum Gasteiger partial charge on any atom is 0.258 e. The third kappa shape index (κ3) is 4.68. The fraction of sp³-hybridized carbons (Fsp3) is 0.667. The molecule has 6 nitrogen and oxygen atoms in total. The lowest BCUT2D eigenvalue weighted by atomic mass is 10.2. The molecule has 0 aliphatic heterocycles. The Hall–Kier alpha value is -1.34. The molecule has 4 N–H and O–H groups in total. The maximum absolute atomic E-state index is 12.0. The van der Waals surface area contributed by atoms with Gasteiger partial charge in [0.25, 0.3) is 5.91 Å². The third-order valence-corrected chi connectivity index (χ3v) is 3.25. The molecule has 0 aliphatic rings. The van der Waals surface area contributed by atoms with E-state index in [1.54, 1.807) is 7.11 Å². The Morgan fingerprint density at radius 2 is 2.16 bits per heavy atom. The van der Waals surface area contributed by atoms with Gasteiger partial charge in [-0.15, -0.1) is 0 Å². The molecule has 1 aromatic heterocycles. The molecule has 0 radical (unpaired) electrons. The van der Waals surface area contributed by atoms with Gasteiger partial charge in [-0.3, -0.25) is 4.79 Å². The summed E-state index contributed by atoms with van der Waals surface area (Å²) in [6.07, 6.45) is 0. The summed E-state index contributed by atoms with van der Waals surface area (Å²) in [4.78, 5) is 12.0. The molecule has 0 bridgehead atoms. The number of anilines is 2. The van der Waals surface area contributed by atoms with Crippen molar-refractivity contribution in [2.45, 2.75) is 26.8 Å². The number of carbonyl (C=O) groups is 1. The zero-order valence-electron chi connectivity index (χ0n) is 11.8. The van der Waals surface area contributed by atoms with Crippen molar-refractivity contribution >= 4 is 28.3 Å². The summed E-state index contributed by atoms with van der Waals surface area (Å²) in [5, 5.41) is 6.74. The summed E-state index contributed by atoms with van der Waals surface area (Å²) in [5.41, 5.74) is 6.19. The van der Waals surface area contributed by atoms with Crippen LogP contribution in [0.3, 0.4) is 0 Å². The number of carbonyl (C=O) groups excluding carboxylic acids is 1. The average molecular weight is 286 g/mol. The summed E-state index contributed by atoms with van der Waals surface area (Å²) in [5.74, 6) is 0.419. The first-order chi connectivity index (χ1) is 8.95. The van der Waals surface area contributed by atoms with Crippen molar-refractivity contribution in [3.63, 3.8) is 0 Å². The molecule has 1 rings (SSSR count). The van der Waals surface area contributed by atoms with Gasteiger partial charge in [0.2, 0.25) is 0 Å². The molecular weight excluding hydrogens is 264 g/mol. The second-order valence-corrected chi connectivity index (χ2v) is 5.61. The molecule has 1 heterocycles. The molecule has 0 saturated carbocycles. The van der Waals surface area contributed by atoms with Crippen molar-refractivity contribution in [1.82, 2.24) is 9.69 Å². The second kappa shape index (κ2) is 7.30. The second-order valence-electron chi connectivity index (χ2n) is 4.84. The van der Waals surface area contributed by atoms with E-state index in [9.17, 15) is 4.79 Å². The number of amides is 1. The van der Waals surface area contributed by atoms with Gasteiger partial charge in [0.05, 0.1) is 6.61 Å². The largest absolute Gasteiger partial charge is 0.384 e. The van der Waals surface area contributed by atoms with Gasteiger partial charge in [0, 0.05) is 19.7 Å². The molecule has 0 fully saturated rings. The molecule has 1 unspecified atom stereocenters. The molecule has 1 aromatic rings. The molecule has 7 heteroatoms. The van der Waals surface area contributed by atoms with E-state index in [1.165, 1.54) is 11.5 Å². The fourth-order valence-electron chi connectivity index (χ4n) is 1.59. The Morgan fingerprint density at radius 3 is 2.74 bits per heavy atom. The highest BCUT2D eigenvalue weighted by Crippen LogP contribution is 2.26. The minimum Gasteiger partial charge on any atom is -0.384 e. The molecule has 19 heavy (non-hydrogen) atoms. The lowest BCUT2D eigenvalue weighted by Crippen LogP contribution is -2.31. The predicted molar refractivity (Wildman–Crippen MR) is 78.7 cm³/mol. The summed E-state index contributed by atoms with van der Waals surface area (Å²) < 4.78 is 9.11. The van der Waals surface area contributed by atoms with Gasteiger partial charge in [-0.2, -0.15) is 4.37 Å². The van der Waals surface area contributed by atoms with Crippen LogP contribution in [0.2, 0.25) is 0 Å². The van der Waals surface area contributed by atoms with Gasteiger partial charge < -0.3 is 21.1 Å². The van der Waals surface area contributed by atoms with E-state index in [-0.39, 0.29) is 17.8 Å². The Kier molecular flexibility index (Phi) is 6.04. The number of rotatable bonds is 7. The fourth-order valence-corrected chi connectivity index (χ4v) is 2.30. The van der Waals surface area contributed by atoms with Gasteiger partial charge in [0.15, 0.2) is 5.82 Å². The first kappa shape index (κ1) is 15.7. The van der Waals surface area contributed by atoms with Gasteiger partial charge >= 0.3 is 0 Å². The van der Waals surface area contributed by atoms with E-state index in [0.717, 1.165) is 0 Å². The number of nitrogens with zero attached hydrogens (tertiary/aromatic N) is 1. The van der Waals surface area contributed by atoms with Gasteiger partial charge in [-0.1, -0.05) is 6.92 Å². The topological polar surface area (TPSA) is 89.3 Å². The zero-order chi connectivity index (χ0) is 14.4. The van der Waals surface area contributed by atoms with Crippen LogP contribution in [0.1, 0.15) is 31.1 Å². The standard InChI is InChI=1S/C12H22N4O2S/c1-7(2)15-11(17)9-10(13)16-19-12(9)14-5-8(3)6-18-4/h7-8,14H,5-6H2,1-4H3,(H2,13,16)(H,15,17). The third-order valence-electron chi connectivity index (χ3n) is 2.43. The number of hydrogen-bond acceptors (Lipinski definition) is 6. The summed E-state index contributed by atoms with van der Waals surface area (Å²) in [7, 11) is 1.67. The van der Waals surface area contributed by atoms with Crippen molar-refractivity contribution < 1.29 is 9.53 Å². The van der Waals surface area contributed by atoms with Gasteiger partial charge in [-0.05, 0) is 31.3 Å². The van der Waals surface area contributed by atoms with Crippen LogP contribution in [0.4, 0.5) is 10.8 Å². The van der Waals surface area contributed by atoms with Crippen molar-refractivity contribution in [2.24, 2.45) is 5.92 Å². The minimum atomic E-state index is -0.192. The Bertz CT molecular complexity index is 420. The maximum atomic E-state index is 12.0. The summed E-state index contributed by atoms with van der Waals surface area (Å²) in [6.45, 7) is 7.24. The van der Waals surface area contributed by atoms with Crippen molar-refractivity contribution in [3.8, 4) is 0 Å². The minimum absolute atomic E-state index is 0.0621. The molecule has 0 aliphatic carbocycles.